The second kappa shape index (κ2) is 9.05. The van der Waals surface area contributed by atoms with Crippen LogP contribution < -0.4 is 16.0 Å². The van der Waals surface area contributed by atoms with E-state index >= 15 is 0 Å². The SMILES string of the molecule is Cl.Cl.O=C(CNCC1CC1)Nc1ccc(NC(=O)C2CC2)nc1. The van der Waals surface area contributed by atoms with Crippen molar-refractivity contribution in [2.75, 3.05) is 23.7 Å². The van der Waals surface area contributed by atoms with Gasteiger partial charge in [0, 0.05) is 5.92 Å². The molecule has 1 heterocycles. The van der Waals surface area contributed by atoms with Crippen LogP contribution in [0.1, 0.15) is 25.7 Å². The van der Waals surface area contributed by atoms with E-state index in [2.05, 4.69) is 20.9 Å². The number of nitrogens with zero attached hydrogens (tertiary/aromatic N) is 1. The molecular formula is C15H22Cl2N4O2. The highest BCUT2D eigenvalue weighted by atomic mass is 35.5. The van der Waals surface area contributed by atoms with Gasteiger partial charge in [-0.05, 0) is 50.3 Å². The van der Waals surface area contributed by atoms with Crippen LogP contribution in [-0.2, 0) is 9.59 Å². The molecule has 1 aromatic rings. The molecule has 6 nitrogen and oxygen atoms in total. The lowest BCUT2D eigenvalue weighted by atomic mass is 10.3. The summed E-state index contributed by atoms with van der Waals surface area (Å²) in [6, 6.07) is 3.45. The highest BCUT2D eigenvalue weighted by Gasteiger charge is 2.29. The summed E-state index contributed by atoms with van der Waals surface area (Å²) in [6.45, 7) is 1.23. The van der Waals surface area contributed by atoms with Crippen molar-refractivity contribution in [1.29, 1.82) is 0 Å². The van der Waals surface area contributed by atoms with E-state index in [0.29, 0.717) is 18.1 Å². The van der Waals surface area contributed by atoms with Crippen molar-refractivity contribution in [1.82, 2.24) is 10.3 Å². The summed E-state index contributed by atoms with van der Waals surface area (Å²) >= 11 is 0. The van der Waals surface area contributed by atoms with Gasteiger partial charge in [0.15, 0.2) is 0 Å². The Labute approximate surface area is 148 Å². The minimum atomic E-state index is -0.0767. The van der Waals surface area contributed by atoms with Crippen LogP contribution in [0, 0.1) is 11.8 Å². The van der Waals surface area contributed by atoms with Gasteiger partial charge in [0.1, 0.15) is 5.82 Å². The second-order valence-corrected chi connectivity index (χ2v) is 5.82. The topological polar surface area (TPSA) is 83.1 Å². The number of carbonyl (C=O) groups is 2. The van der Waals surface area contributed by atoms with Crippen molar-refractivity contribution < 1.29 is 9.59 Å². The fraction of sp³-hybridized carbons (Fsp3) is 0.533. The average Bonchev–Trinajstić information content (AvgIpc) is 3.34. The lowest BCUT2D eigenvalue weighted by Gasteiger charge is -2.07. The fourth-order valence-electron chi connectivity index (χ4n) is 2.03. The number of carbonyl (C=O) groups excluding carboxylic acids is 2. The van der Waals surface area contributed by atoms with E-state index in [0.717, 1.165) is 25.3 Å². The number of halogens is 2. The van der Waals surface area contributed by atoms with E-state index < -0.39 is 0 Å². The summed E-state index contributed by atoms with van der Waals surface area (Å²) in [5.41, 5.74) is 0.637. The van der Waals surface area contributed by atoms with Gasteiger partial charge in [-0.2, -0.15) is 0 Å². The molecule has 8 heteroatoms. The quantitative estimate of drug-likeness (QED) is 0.695. The summed E-state index contributed by atoms with van der Waals surface area (Å²) in [5, 5.41) is 8.67. The Morgan fingerprint density at radius 3 is 2.39 bits per heavy atom. The summed E-state index contributed by atoms with van der Waals surface area (Å²) in [6.07, 6.45) is 6.03. The number of amides is 2. The monoisotopic (exact) mass is 360 g/mol. The van der Waals surface area contributed by atoms with E-state index in [4.69, 9.17) is 0 Å². The normalized spacial score (nSPS) is 15.8. The molecular weight excluding hydrogens is 339 g/mol. The first-order valence-corrected chi connectivity index (χ1v) is 7.48. The fourth-order valence-corrected chi connectivity index (χ4v) is 2.03. The number of anilines is 2. The minimum Gasteiger partial charge on any atom is -0.324 e. The van der Waals surface area contributed by atoms with Crippen LogP contribution in [0.25, 0.3) is 0 Å². The predicted molar refractivity (Wildman–Crippen MR) is 94.3 cm³/mol. The Kier molecular flexibility index (Phi) is 7.75. The third-order valence-electron chi connectivity index (χ3n) is 3.66. The maximum absolute atomic E-state index is 11.7. The third-order valence-corrected chi connectivity index (χ3v) is 3.66. The zero-order chi connectivity index (χ0) is 14.7. The third kappa shape index (κ3) is 6.72. The van der Waals surface area contributed by atoms with E-state index in [1.54, 1.807) is 18.3 Å². The molecule has 0 spiro atoms. The van der Waals surface area contributed by atoms with Crippen molar-refractivity contribution in [2.45, 2.75) is 25.7 Å². The van der Waals surface area contributed by atoms with Gasteiger partial charge in [-0.3, -0.25) is 9.59 Å². The van der Waals surface area contributed by atoms with Crippen LogP contribution in [0.5, 0.6) is 0 Å². The molecule has 0 atom stereocenters. The highest BCUT2D eigenvalue weighted by Crippen LogP contribution is 2.30. The van der Waals surface area contributed by atoms with Crippen LogP contribution >= 0.6 is 24.8 Å². The number of hydrogen-bond acceptors (Lipinski definition) is 4. The van der Waals surface area contributed by atoms with Crippen LogP contribution in [0.4, 0.5) is 11.5 Å². The molecule has 2 fully saturated rings. The molecule has 2 aliphatic carbocycles. The molecule has 0 bridgehead atoms. The molecule has 0 aromatic carbocycles. The van der Waals surface area contributed by atoms with Crippen molar-refractivity contribution >= 4 is 48.1 Å². The van der Waals surface area contributed by atoms with Crippen LogP contribution in [0.2, 0.25) is 0 Å². The zero-order valence-electron chi connectivity index (χ0n) is 12.7. The molecule has 3 N–H and O–H groups in total. The number of aromatic nitrogens is 1. The Morgan fingerprint density at radius 1 is 1.09 bits per heavy atom. The summed E-state index contributed by atoms with van der Waals surface area (Å²) in [7, 11) is 0. The molecule has 3 rings (SSSR count). The number of hydrogen-bond donors (Lipinski definition) is 3. The lowest BCUT2D eigenvalue weighted by Crippen LogP contribution is -2.29. The first-order chi connectivity index (χ1) is 10.2. The Hall–Kier alpha value is -1.37. The molecule has 0 radical (unpaired) electrons. The molecule has 2 saturated carbocycles. The second-order valence-electron chi connectivity index (χ2n) is 5.82. The van der Waals surface area contributed by atoms with Gasteiger partial charge in [0.25, 0.3) is 0 Å². The number of nitrogens with one attached hydrogen (secondary N) is 3. The van der Waals surface area contributed by atoms with Crippen LogP contribution in [-0.4, -0.2) is 29.9 Å². The predicted octanol–water partition coefficient (Wildman–Crippen LogP) is 2.21. The molecule has 2 amide bonds. The molecule has 23 heavy (non-hydrogen) atoms. The maximum Gasteiger partial charge on any atom is 0.238 e. The number of rotatable bonds is 7. The van der Waals surface area contributed by atoms with E-state index in [9.17, 15) is 9.59 Å². The largest absolute Gasteiger partial charge is 0.324 e. The Morgan fingerprint density at radius 2 is 1.83 bits per heavy atom. The first-order valence-electron chi connectivity index (χ1n) is 7.48. The van der Waals surface area contributed by atoms with Crippen molar-refractivity contribution in [3.05, 3.63) is 18.3 Å². The van der Waals surface area contributed by atoms with E-state index in [-0.39, 0.29) is 42.5 Å². The van der Waals surface area contributed by atoms with Crippen molar-refractivity contribution in [3.8, 4) is 0 Å². The zero-order valence-corrected chi connectivity index (χ0v) is 14.3. The van der Waals surface area contributed by atoms with E-state index in [1.165, 1.54) is 12.8 Å². The summed E-state index contributed by atoms with van der Waals surface area (Å²) < 4.78 is 0. The molecule has 0 saturated heterocycles. The molecule has 128 valence electrons. The van der Waals surface area contributed by atoms with Gasteiger partial charge in [-0.15, -0.1) is 24.8 Å². The van der Waals surface area contributed by atoms with Crippen molar-refractivity contribution in [2.24, 2.45) is 11.8 Å². The average molecular weight is 361 g/mol. The Bertz CT molecular complexity index is 531. The summed E-state index contributed by atoms with van der Waals surface area (Å²) in [5.74, 6) is 1.39. The highest BCUT2D eigenvalue weighted by molar-refractivity contribution is 5.94. The lowest BCUT2D eigenvalue weighted by molar-refractivity contribution is -0.117. The summed E-state index contributed by atoms with van der Waals surface area (Å²) in [4.78, 5) is 27.4. The van der Waals surface area contributed by atoms with Gasteiger partial charge < -0.3 is 16.0 Å². The van der Waals surface area contributed by atoms with Crippen LogP contribution in [0.3, 0.4) is 0 Å². The van der Waals surface area contributed by atoms with Crippen molar-refractivity contribution in [3.63, 3.8) is 0 Å². The van der Waals surface area contributed by atoms with Crippen LogP contribution in [0.15, 0.2) is 18.3 Å². The van der Waals surface area contributed by atoms with Gasteiger partial charge in [0.2, 0.25) is 11.8 Å². The van der Waals surface area contributed by atoms with E-state index in [1.807, 2.05) is 0 Å². The van der Waals surface area contributed by atoms with Gasteiger partial charge in [-0.25, -0.2) is 4.98 Å². The minimum absolute atomic E-state index is 0. The van der Waals surface area contributed by atoms with Gasteiger partial charge in [-0.1, -0.05) is 0 Å². The molecule has 2 aliphatic rings. The first kappa shape index (κ1) is 19.7. The Balaban J connectivity index is 0.00000132. The standard InChI is InChI=1S/C15H20N4O2.2ClH/c20-14(9-16-7-10-1-2-10)18-12-5-6-13(17-8-12)19-15(21)11-3-4-11;;/h5-6,8,10-11,16H,1-4,7,9H2,(H,18,20)(H,17,19,21);2*1H. The molecule has 0 unspecified atom stereocenters. The molecule has 0 aliphatic heterocycles. The molecule has 1 aromatic heterocycles. The number of pyridine rings is 1. The smallest absolute Gasteiger partial charge is 0.238 e. The maximum atomic E-state index is 11.7. The van der Waals surface area contributed by atoms with Gasteiger partial charge in [0.05, 0.1) is 18.4 Å². The van der Waals surface area contributed by atoms with Gasteiger partial charge >= 0.3 is 0 Å².